The summed E-state index contributed by atoms with van der Waals surface area (Å²) in [5, 5.41) is 11.1. The molecule has 0 bridgehead atoms. The van der Waals surface area contributed by atoms with E-state index in [0.29, 0.717) is 6.54 Å². The topological polar surface area (TPSA) is 71.3 Å². The van der Waals surface area contributed by atoms with Gasteiger partial charge in [0.15, 0.2) is 0 Å². The van der Waals surface area contributed by atoms with Crippen LogP contribution in [-0.4, -0.2) is 31.5 Å². The lowest BCUT2D eigenvalue weighted by Gasteiger charge is -2.33. The number of nitriles is 1. The molecule has 0 aliphatic carbocycles. The van der Waals surface area contributed by atoms with Gasteiger partial charge in [0.05, 0.1) is 0 Å². The molecule has 0 spiro atoms. The molecule has 12 heavy (non-hydrogen) atoms. The van der Waals surface area contributed by atoms with Gasteiger partial charge in [0.2, 0.25) is 5.60 Å². The number of hydrogen-bond acceptors (Lipinski definition) is 4. The van der Waals surface area contributed by atoms with Gasteiger partial charge in [0.25, 0.3) is 0 Å². The van der Waals surface area contributed by atoms with E-state index in [9.17, 15) is 4.79 Å². The van der Waals surface area contributed by atoms with Crippen molar-refractivity contribution in [2.24, 2.45) is 0 Å². The second kappa shape index (κ2) is 3.41. The van der Waals surface area contributed by atoms with Gasteiger partial charge in [0.1, 0.15) is 19.3 Å². The molecule has 1 aliphatic rings. The Morgan fingerprint density at radius 2 is 2.50 bits per heavy atom. The van der Waals surface area contributed by atoms with Gasteiger partial charge >= 0.3 is 6.09 Å². The van der Waals surface area contributed by atoms with E-state index in [1.165, 1.54) is 0 Å². The van der Waals surface area contributed by atoms with Crippen LogP contribution in [-0.2, 0) is 9.47 Å². The van der Waals surface area contributed by atoms with Crippen molar-refractivity contribution in [3.05, 3.63) is 0 Å². The minimum Gasteiger partial charge on any atom is -0.422 e. The van der Waals surface area contributed by atoms with Crippen molar-refractivity contribution < 1.29 is 14.3 Å². The maximum absolute atomic E-state index is 10.9. The SMILES string of the molecule is CCNC(=O)OC1(C#N)COC1. The summed E-state index contributed by atoms with van der Waals surface area (Å²) >= 11 is 0. The monoisotopic (exact) mass is 170 g/mol. The fourth-order valence-electron chi connectivity index (χ4n) is 0.792. The van der Waals surface area contributed by atoms with E-state index < -0.39 is 11.7 Å². The molecule has 1 aliphatic heterocycles. The summed E-state index contributed by atoms with van der Waals surface area (Å²) in [5.74, 6) is 0. The van der Waals surface area contributed by atoms with Gasteiger partial charge in [0, 0.05) is 6.54 Å². The number of ether oxygens (including phenoxy) is 2. The maximum Gasteiger partial charge on any atom is 0.408 e. The van der Waals surface area contributed by atoms with Crippen LogP contribution < -0.4 is 5.32 Å². The molecule has 1 fully saturated rings. The lowest BCUT2D eigenvalue weighted by Crippen LogP contribution is -2.53. The van der Waals surface area contributed by atoms with Crippen LogP contribution in [0.5, 0.6) is 0 Å². The Kier molecular flexibility index (Phi) is 2.51. The Morgan fingerprint density at radius 1 is 1.83 bits per heavy atom. The van der Waals surface area contributed by atoms with Gasteiger partial charge < -0.3 is 14.8 Å². The molecule has 0 saturated carbocycles. The molecule has 5 nitrogen and oxygen atoms in total. The van der Waals surface area contributed by atoms with E-state index in [0.717, 1.165) is 0 Å². The second-order valence-corrected chi connectivity index (χ2v) is 2.52. The predicted molar refractivity (Wildman–Crippen MR) is 39.3 cm³/mol. The zero-order valence-electron chi connectivity index (χ0n) is 6.79. The minimum absolute atomic E-state index is 0.167. The summed E-state index contributed by atoms with van der Waals surface area (Å²) in [6.45, 7) is 2.60. The lowest BCUT2D eigenvalue weighted by molar-refractivity contribution is -0.144. The summed E-state index contributed by atoms with van der Waals surface area (Å²) in [6, 6.07) is 1.90. The third-order valence-corrected chi connectivity index (χ3v) is 1.48. The standard InChI is InChI=1S/C7H10N2O3/c1-2-9-6(10)12-7(3-8)4-11-5-7/h2,4-5H2,1H3,(H,9,10). The van der Waals surface area contributed by atoms with E-state index in [1.54, 1.807) is 6.92 Å². The van der Waals surface area contributed by atoms with Crippen molar-refractivity contribution >= 4 is 6.09 Å². The molecule has 1 N–H and O–H groups in total. The first kappa shape index (κ1) is 8.81. The molecule has 1 amide bonds. The number of alkyl carbamates (subject to hydrolysis) is 1. The normalized spacial score (nSPS) is 18.7. The lowest BCUT2D eigenvalue weighted by atomic mass is 10.1. The van der Waals surface area contributed by atoms with Gasteiger partial charge in [-0.3, -0.25) is 0 Å². The van der Waals surface area contributed by atoms with Gasteiger partial charge in [-0.2, -0.15) is 5.26 Å². The van der Waals surface area contributed by atoms with Crippen LogP contribution in [0.25, 0.3) is 0 Å². The highest BCUT2D eigenvalue weighted by atomic mass is 16.6. The van der Waals surface area contributed by atoms with Crippen LogP contribution in [0, 0.1) is 11.3 Å². The number of hydrogen-bond donors (Lipinski definition) is 1. The number of carbonyl (C=O) groups excluding carboxylic acids is 1. The molecule has 0 aromatic carbocycles. The van der Waals surface area contributed by atoms with Crippen LogP contribution in [0.3, 0.4) is 0 Å². The Bertz CT molecular complexity index is 217. The van der Waals surface area contributed by atoms with Crippen molar-refractivity contribution in [3.63, 3.8) is 0 Å². The fraction of sp³-hybridized carbons (Fsp3) is 0.714. The third-order valence-electron chi connectivity index (χ3n) is 1.48. The predicted octanol–water partition coefficient (Wildman–Crippen LogP) is 0.0251. The molecule has 5 heteroatoms. The molecular weight excluding hydrogens is 160 g/mol. The first-order chi connectivity index (χ1) is 5.72. The van der Waals surface area contributed by atoms with Crippen LogP contribution in [0.2, 0.25) is 0 Å². The number of carbonyl (C=O) groups is 1. The molecule has 0 atom stereocenters. The fourth-order valence-corrected chi connectivity index (χ4v) is 0.792. The van der Waals surface area contributed by atoms with Crippen molar-refractivity contribution in [3.8, 4) is 6.07 Å². The highest BCUT2D eigenvalue weighted by molar-refractivity contribution is 5.68. The van der Waals surface area contributed by atoms with Gasteiger partial charge in [-0.05, 0) is 6.92 Å². The van der Waals surface area contributed by atoms with Crippen molar-refractivity contribution in [1.82, 2.24) is 5.32 Å². The molecule has 0 aromatic heterocycles. The summed E-state index contributed by atoms with van der Waals surface area (Å²) in [4.78, 5) is 10.9. The molecule has 66 valence electrons. The Labute approximate surface area is 70.3 Å². The van der Waals surface area contributed by atoms with E-state index in [4.69, 9.17) is 14.7 Å². The summed E-state index contributed by atoms with van der Waals surface area (Å²) < 4.78 is 9.61. The first-order valence-electron chi connectivity index (χ1n) is 3.68. The summed E-state index contributed by atoms with van der Waals surface area (Å²) in [7, 11) is 0. The molecule has 0 radical (unpaired) electrons. The van der Waals surface area contributed by atoms with Gasteiger partial charge in [-0.1, -0.05) is 0 Å². The van der Waals surface area contributed by atoms with Crippen LogP contribution >= 0.6 is 0 Å². The van der Waals surface area contributed by atoms with Crippen LogP contribution in [0.15, 0.2) is 0 Å². The van der Waals surface area contributed by atoms with Crippen molar-refractivity contribution in [1.29, 1.82) is 5.26 Å². The maximum atomic E-state index is 10.9. The average Bonchev–Trinajstić information content (AvgIpc) is 1.97. The highest BCUT2D eigenvalue weighted by Gasteiger charge is 2.43. The number of nitrogens with zero attached hydrogens (tertiary/aromatic N) is 1. The number of rotatable bonds is 2. The molecule has 0 unspecified atom stereocenters. The molecule has 1 saturated heterocycles. The summed E-state index contributed by atoms with van der Waals surface area (Å²) in [5.41, 5.74) is -1.04. The van der Waals surface area contributed by atoms with E-state index in [1.807, 2.05) is 6.07 Å². The largest absolute Gasteiger partial charge is 0.422 e. The zero-order chi connectivity index (χ0) is 9.03. The average molecular weight is 170 g/mol. The number of amides is 1. The van der Waals surface area contributed by atoms with Crippen LogP contribution in [0.1, 0.15) is 6.92 Å². The molecule has 1 heterocycles. The van der Waals surface area contributed by atoms with Crippen molar-refractivity contribution in [2.75, 3.05) is 19.8 Å². The molecular formula is C7H10N2O3. The zero-order valence-corrected chi connectivity index (χ0v) is 6.79. The third kappa shape index (κ3) is 1.66. The summed E-state index contributed by atoms with van der Waals surface area (Å²) in [6.07, 6.45) is -0.567. The smallest absolute Gasteiger partial charge is 0.408 e. The quantitative estimate of drug-likeness (QED) is 0.634. The van der Waals surface area contributed by atoms with E-state index >= 15 is 0 Å². The Balaban J connectivity index is 2.39. The number of nitrogens with one attached hydrogen (secondary N) is 1. The second-order valence-electron chi connectivity index (χ2n) is 2.52. The Hall–Kier alpha value is -1.28. The Morgan fingerprint density at radius 3 is 2.83 bits per heavy atom. The minimum atomic E-state index is -1.04. The highest BCUT2D eigenvalue weighted by Crippen LogP contribution is 2.20. The van der Waals surface area contributed by atoms with Gasteiger partial charge in [-0.25, -0.2) is 4.79 Å². The first-order valence-corrected chi connectivity index (χ1v) is 3.68. The molecule has 0 aromatic rings. The van der Waals surface area contributed by atoms with E-state index in [2.05, 4.69) is 5.32 Å². The molecule has 1 rings (SSSR count). The van der Waals surface area contributed by atoms with Crippen molar-refractivity contribution in [2.45, 2.75) is 12.5 Å². The van der Waals surface area contributed by atoms with Crippen LogP contribution in [0.4, 0.5) is 4.79 Å². The van der Waals surface area contributed by atoms with Gasteiger partial charge in [-0.15, -0.1) is 0 Å². The van der Waals surface area contributed by atoms with E-state index in [-0.39, 0.29) is 13.2 Å².